The molecule has 0 saturated carbocycles. The number of aldehydes is 1. The molecule has 2 amide bonds. The predicted octanol–water partition coefficient (Wildman–Crippen LogP) is 6.39. The van der Waals surface area contributed by atoms with E-state index < -0.39 is 40.2 Å². The van der Waals surface area contributed by atoms with E-state index in [1.807, 2.05) is 66.7 Å². The fraction of sp³-hybridized carbons (Fsp3) is 0.117. The summed E-state index contributed by atoms with van der Waals surface area (Å²) in [5, 5.41) is 33.7. The number of hydrogen-bond donors (Lipinski definition) is 11. The number of hydrogen-bond acceptors (Lipinski definition) is 37. The molecule has 0 fully saturated rings. The minimum atomic E-state index is -4.67. The topological polar surface area (TPSA) is 671 Å². The molecular formula is C77H76N22O22S. The molecule has 0 saturated heterocycles. The van der Waals surface area contributed by atoms with E-state index in [2.05, 4.69) is 85.1 Å². The van der Waals surface area contributed by atoms with Crippen LogP contribution in [0.2, 0.25) is 0 Å². The van der Waals surface area contributed by atoms with Crippen molar-refractivity contribution in [3.8, 4) is 34.4 Å². The molecule has 0 aliphatic heterocycles. The monoisotopic (exact) mass is 1690 g/mol. The van der Waals surface area contributed by atoms with Crippen LogP contribution in [0.1, 0.15) is 97.8 Å². The molecule has 5 aromatic carbocycles. The summed E-state index contributed by atoms with van der Waals surface area (Å²) in [4.78, 5) is 164. The number of fused-ring (bicyclic) bond motifs is 2. The largest absolute Gasteiger partial charge is 0.504 e. The van der Waals surface area contributed by atoms with Crippen LogP contribution in [0.4, 0.5) is 34.9 Å². The number of carboxylic acid groups (broad SMARTS) is 1. The number of carboxylic acids is 1. The van der Waals surface area contributed by atoms with Crippen molar-refractivity contribution in [1.29, 1.82) is 0 Å². The van der Waals surface area contributed by atoms with Gasteiger partial charge in [-0.3, -0.25) is 47.2 Å². The maximum Gasteiger partial charge on any atom is 0.394 e. The summed E-state index contributed by atoms with van der Waals surface area (Å²) in [5.74, 6) is -2.37. The lowest BCUT2D eigenvalue weighted by atomic mass is 10.1. The molecule has 0 unspecified atom stereocenters. The Bertz CT molecular complexity index is 6010. The van der Waals surface area contributed by atoms with Crippen LogP contribution >= 0.6 is 0 Å². The fourth-order valence-electron chi connectivity index (χ4n) is 9.06. The number of rotatable bonds is 15. The van der Waals surface area contributed by atoms with Crippen LogP contribution in [0.15, 0.2) is 212 Å². The van der Waals surface area contributed by atoms with Crippen LogP contribution in [0.25, 0.3) is 45.6 Å². The van der Waals surface area contributed by atoms with Crippen molar-refractivity contribution in [2.75, 3.05) is 61.0 Å². The number of amides is 2. The summed E-state index contributed by atoms with van der Waals surface area (Å²) < 4.78 is 57.8. The Labute approximate surface area is 690 Å². The molecule has 13 rings (SSSR count). The molecule has 15 N–H and O–H groups in total. The first-order valence-corrected chi connectivity index (χ1v) is 35.9. The van der Waals surface area contributed by atoms with Crippen molar-refractivity contribution in [3.63, 3.8) is 0 Å². The fourth-order valence-corrected chi connectivity index (χ4v) is 9.06. The van der Waals surface area contributed by atoms with Crippen molar-refractivity contribution in [2.45, 2.75) is 34.6 Å². The maximum atomic E-state index is 13.1. The number of para-hydroxylation sites is 5. The third kappa shape index (κ3) is 31.0. The molecule has 8 heterocycles. The molecule has 13 aromatic rings. The van der Waals surface area contributed by atoms with Crippen LogP contribution in [-0.2, 0) is 39.0 Å². The van der Waals surface area contributed by atoms with Gasteiger partial charge in [-0.25, -0.2) is 83.7 Å². The Kier molecular flexibility index (Phi) is 38.5. The Balaban J connectivity index is 0.000000253. The first kappa shape index (κ1) is 95.6. The van der Waals surface area contributed by atoms with Crippen LogP contribution in [0, 0.1) is 0 Å². The quantitative estimate of drug-likeness (QED) is 0.0174. The van der Waals surface area contributed by atoms with Gasteiger partial charge in [0.1, 0.15) is 94.3 Å². The third-order valence-corrected chi connectivity index (χ3v) is 14.2. The van der Waals surface area contributed by atoms with E-state index in [1.165, 1.54) is 119 Å². The number of phenolic OH excluding ortho intramolecular Hbond substituents is 2. The Morgan fingerprint density at radius 2 is 0.885 bits per heavy atom. The van der Waals surface area contributed by atoms with Gasteiger partial charge in [0.05, 0.1) is 44.4 Å². The molecular weight excluding hydrogens is 1620 g/mol. The lowest BCUT2D eigenvalue weighted by Crippen LogP contribution is -2.23. The van der Waals surface area contributed by atoms with Gasteiger partial charge in [0, 0.05) is 69.2 Å². The summed E-state index contributed by atoms with van der Waals surface area (Å²) in [6.07, 6.45) is 19.7. The molecule has 44 nitrogen and oxygen atoms in total. The number of anilines is 6. The smallest absolute Gasteiger partial charge is 0.394 e. The highest BCUT2D eigenvalue weighted by Crippen LogP contribution is 2.31. The number of ether oxygens (including phenoxy) is 5. The van der Waals surface area contributed by atoms with Crippen molar-refractivity contribution in [1.82, 2.24) is 78.9 Å². The van der Waals surface area contributed by atoms with E-state index in [1.54, 1.807) is 80.6 Å². The van der Waals surface area contributed by atoms with Crippen LogP contribution < -0.4 is 54.2 Å². The molecule has 45 heteroatoms. The van der Waals surface area contributed by atoms with Gasteiger partial charge in [0.25, 0.3) is 17.0 Å². The van der Waals surface area contributed by atoms with Crippen LogP contribution in [0.3, 0.4) is 0 Å². The second-order valence-corrected chi connectivity index (χ2v) is 23.6. The molecule has 0 spiro atoms. The number of aromatic carboxylic acids is 1. The third-order valence-electron chi connectivity index (χ3n) is 14.2. The Morgan fingerprint density at radius 1 is 0.484 bits per heavy atom. The van der Waals surface area contributed by atoms with E-state index in [0.29, 0.717) is 74.9 Å². The minimum absolute atomic E-state index is 0.0116. The molecule has 8 aromatic heterocycles. The van der Waals surface area contributed by atoms with Crippen molar-refractivity contribution in [2.24, 2.45) is 0 Å². The number of nitrogens with zero attached hydrogens (tertiary/aromatic N) is 16. The summed E-state index contributed by atoms with van der Waals surface area (Å²) in [5.41, 5.74) is 25.4. The SMILES string of the molecule is CC(=O)OC(C)=O.CCOC(=O)c1cncnc1N.CCOC(=O)c1cncnc1NC(C)=O.COc1cccc(/C=C/c2nc3ncncc3c(=O)n2-c2ccccc2)c1O.COc1cccc(C=O)c1O.Nc1nc2ncncc2c(=O)n1-c1ccccc1.Nc1ncncc1C(=O)Nc1ccccc1.Nc1ncncc1C(=O)O.O=S(=O)(O)O. The number of nitrogens with one attached hydrogen (secondary N) is 2. The normalized spacial score (nSPS) is 10.0. The number of methoxy groups -OCH3 is 2. The van der Waals surface area contributed by atoms with Gasteiger partial charge >= 0.3 is 40.2 Å². The predicted molar refractivity (Wildman–Crippen MR) is 439 cm³/mol. The second-order valence-electron chi connectivity index (χ2n) is 22.7. The van der Waals surface area contributed by atoms with Gasteiger partial charge in [-0.1, -0.05) is 72.8 Å². The number of esters is 4. The van der Waals surface area contributed by atoms with Crippen molar-refractivity contribution < 1.29 is 94.9 Å². The molecule has 122 heavy (non-hydrogen) atoms. The number of carbonyl (C=O) groups is 8. The van der Waals surface area contributed by atoms with Gasteiger partial charge in [0.15, 0.2) is 46.4 Å². The molecule has 0 aliphatic carbocycles. The lowest BCUT2D eigenvalue weighted by molar-refractivity contribution is -0.156. The minimum Gasteiger partial charge on any atom is -0.504 e. The van der Waals surface area contributed by atoms with Gasteiger partial charge < -0.3 is 72.6 Å². The first-order chi connectivity index (χ1) is 58.3. The summed E-state index contributed by atoms with van der Waals surface area (Å²) in [6.45, 7) is 7.68. The molecule has 0 aliphatic rings. The number of nitrogens with two attached hydrogens (primary N) is 4. The zero-order valence-corrected chi connectivity index (χ0v) is 66.1. The lowest BCUT2D eigenvalue weighted by Gasteiger charge is -2.11. The highest BCUT2D eigenvalue weighted by molar-refractivity contribution is 7.79. The van der Waals surface area contributed by atoms with Crippen molar-refractivity contribution >= 4 is 127 Å². The Hall–Kier alpha value is -17.0. The van der Waals surface area contributed by atoms with E-state index in [0.717, 1.165) is 6.20 Å². The van der Waals surface area contributed by atoms with Gasteiger partial charge in [0.2, 0.25) is 11.9 Å². The average Bonchev–Trinajstić information content (AvgIpc) is 0.772. The molecule has 632 valence electrons. The second kappa shape index (κ2) is 49.1. The highest BCUT2D eigenvalue weighted by Gasteiger charge is 2.18. The number of aromatic nitrogens is 16. The Morgan fingerprint density at radius 3 is 1.32 bits per heavy atom. The van der Waals surface area contributed by atoms with Crippen LogP contribution in [0.5, 0.6) is 23.0 Å². The van der Waals surface area contributed by atoms with E-state index >= 15 is 0 Å². The van der Waals surface area contributed by atoms with Crippen molar-refractivity contribution in [3.05, 3.63) is 262 Å². The standard InChI is InChI=1S/C21H16N4O3.C12H9N5O.C11H10N4O.C9H11N3O3.C8H8O3.C7H9N3O2.C5H5N3O2.C4H6O3.H2O4S/c1-28-17-9-5-6-14(19(17)26)10-11-18-24-20-16(12-22-13-23-20)21(27)25(18)15-7-3-2-4-8-15;13-12-16-10-9(6-14-7-15-10)11(18)17(12)8-4-2-1-3-5-8;12-10-9(6-13-7-14-10)11(16)15-8-4-2-1-3-5-8;1-3-15-9(14)7-4-10-5-11-8(7)12-6(2)13;1-11-7-4-2-3-6(5-9)8(7)10;1-2-12-7(11)5-3-9-4-10-6(5)8;6-4-3(5(9)10)1-7-2-8-4;1-3(5)7-4(2)6;1-5(2,3)4/h2-13,26H,1H3;1-7H,(H2,13,14,15,16);1-7H,(H,15,16)(H2,12,13,14);4-5H,3H2,1-2H3,(H,10,11,12,13);2-5,10H,1H3;3-4H,2H2,1H3,(H2,8,9,10);1-2H,(H,9,10)(H2,6,7,8);1-2H3;(H2,1,2,3,4)/b11-10+;;;;;;;;. The summed E-state index contributed by atoms with van der Waals surface area (Å²) in [6, 6.07) is 37.3. The first-order valence-electron chi connectivity index (χ1n) is 34.5. The van der Waals surface area contributed by atoms with Gasteiger partial charge in [-0.15, -0.1) is 0 Å². The van der Waals surface area contributed by atoms with Gasteiger partial charge in [-0.2, -0.15) is 13.4 Å². The number of phenols is 2. The van der Waals surface area contributed by atoms with E-state index in [4.69, 9.17) is 64.5 Å². The summed E-state index contributed by atoms with van der Waals surface area (Å²) in [7, 11) is -1.75. The average molecular weight is 1690 g/mol. The number of nitrogen functional groups attached to an aromatic ring is 4. The highest BCUT2D eigenvalue weighted by atomic mass is 32.3. The van der Waals surface area contributed by atoms with E-state index in [-0.39, 0.29) is 98.1 Å². The molecule has 0 bridgehead atoms. The zero-order chi connectivity index (χ0) is 89.8. The number of benzene rings is 5. The number of aromatic hydroxyl groups is 2. The van der Waals surface area contributed by atoms with E-state index in [9.17, 15) is 58.2 Å². The zero-order valence-electron chi connectivity index (χ0n) is 65.2. The maximum absolute atomic E-state index is 13.1. The van der Waals surface area contributed by atoms with Gasteiger partial charge in [-0.05, 0) is 80.6 Å². The van der Waals surface area contributed by atoms with Crippen LogP contribution in [-0.4, -0.2) is 187 Å². The molecule has 0 radical (unpaired) electrons. The summed E-state index contributed by atoms with van der Waals surface area (Å²) >= 11 is 0. The molecule has 0 atom stereocenters. The number of carbonyl (C=O) groups excluding carboxylic acids is 7.